The topological polar surface area (TPSA) is 49.4 Å². The molecule has 2 amide bonds. The van der Waals surface area contributed by atoms with Crippen molar-refractivity contribution in [2.45, 2.75) is 77.2 Å². The van der Waals surface area contributed by atoms with Gasteiger partial charge in [-0.1, -0.05) is 46.0 Å². The second-order valence-corrected chi connectivity index (χ2v) is 7.12. The number of nitrogens with one attached hydrogen (secondary N) is 1. The van der Waals surface area contributed by atoms with Crippen LogP contribution in [0.3, 0.4) is 0 Å². The highest BCUT2D eigenvalue weighted by molar-refractivity contribution is 5.93. The first kappa shape index (κ1) is 16.3. The van der Waals surface area contributed by atoms with Crippen molar-refractivity contribution in [2.24, 2.45) is 5.92 Å². The standard InChI is InChI=1S/C17H30N2O2/c1-14(2)8-4-7-12-19-13-9-15(20)18-17(16(19)21)10-5-3-6-11-17/h14H,3-13H2,1-2H3,(H,18,20). The smallest absolute Gasteiger partial charge is 0.248 e. The molecule has 2 aliphatic rings. The zero-order chi connectivity index (χ0) is 15.3. The third-order valence-electron chi connectivity index (χ3n) is 4.85. The fourth-order valence-electron chi connectivity index (χ4n) is 3.59. The normalized spacial score (nSPS) is 22.5. The van der Waals surface area contributed by atoms with E-state index in [4.69, 9.17) is 0 Å². The molecular weight excluding hydrogens is 264 g/mol. The van der Waals surface area contributed by atoms with Crippen LogP contribution in [0, 0.1) is 5.92 Å². The molecule has 1 saturated carbocycles. The molecule has 120 valence electrons. The van der Waals surface area contributed by atoms with Crippen LogP contribution in [0.15, 0.2) is 0 Å². The Balaban J connectivity index is 1.96. The minimum Gasteiger partial charge on any atom is -0.342 e. The molecule has 0 aromatic heterocycles. The van der Waals surface area contributed by atoms with E-state index in [2.05, 4.69) is 19.2 Å². The van der Waals surface area contributed by atoms with Crippen LogP contribution in [-0.4, -0.2) is 35.3 Å². The van der Waals surface area contributed by atoms with Crippen molar-refractivity contribution in [1.29, 1.82) is 0 Å². The molecule has 0 aromatic rings. The Morgan fingerprint density at radius 2 is 1.86 bits per heavy atom. The van der Waals surface area contributed by atoms with E-state index in [1.165, 1.54) is 12.8 Å². The zero-order valence-electron chi connectivity index (χ0n) is 13.6. The largest absolute Gasteiger partial charge is 0.342 e. The summed E-state index contributed by atoms with van der Waals surface area (Å²) in [6.45, 7) is 5.86. The van der Waals surface area contributed by atoms with Crippen LogP contribution in [0.5, 0.6) is 0 Å². The number of nitrogens with zero attached hydrogens (tertiary/aromatic N) is 1. The number of amides is 2. The van der Waals surface area contributed by atoms with Crippen LogP contribution in [0.1, 0.15) is 71.6 Å². The Kier molecular flexibility index (Phi) is 5.65. The number of hydrogen-bond acceptors (Lipinski definition) is 2. The van der Waals surface area contributed by atoms with E-state index in [0.29, 0.717) is 13.0 Å². The molecule has 0 aromatic carbocycles. The highest BCUT2D eigenvalue weighted by Crippen LogP contribution is 2.31. The lowest BCUT2D eigenvalue weighted by Gasteiger charge is -2.38. The van der Waals surface area contributed by atoms with E-state index < -0.39 is 5.54 Å². The summed E-state index contributed by atoms with van der Waals surface area (Å²) < 4.78 is 0. The maximum absolute atomic E-state index is 12.9. The Hall–Kier alpha value is -1.06. The third kappa shape index (κ3) is 4.21. The number of carbonyl (C=O) groups is 2. The maximum Gasteiger partial charge on any atom is 0.248 e. The van der Waals surface area contributed by atoms with Gasteiger partial charge >= 0.3 is 0 Å². The van der Waals surface area contributed by atoms with Gasteiger partial charge in [-0.05, 0) is 25.2 Å². The molecule has 1 heterocycles. The van der Waals surface area contributed by atoms with Crippen LogP contribution < -0.4 is 5.32 Å². The second kappa shape index (κ2) is 7.28. The number of unbranched alkanes of at least 4 members (excludes halogenated alkanes) is 1. The van der Waals surface area contributed by atoms with Gasteiger partial charge in [0.05, 0.1) is 0 Å². The van der Waals surface area contributed by atoms with Gasteiger partial charge < -0.3 is 10.2 Å². The summed E-state index contributed by atoms with van der Waals surface area (Å²) in [5.74, 6) is 0.949. The molecule has 2 rings (SSSR count). The minimum absolute atomic E-state index is 0.0509. The van der Waals surface area contributed by atoms with Gasteiger partial charge in [0, 0.05) is 19.5 Å². The fourth-order valence-corrected chi connectivity index (χ4v) is 3.59. The van der Waals surface area contributed by atoms with E-state index in [0.717, 1.165) is 51.0 Å². The summed E-state index contributed by atoms with van der Waals surface area (Å²) in [6.07, 6.45) is 8.80. The van der Waals surface area contributed by atoms with Crippen LogP contribution in [-0.2, 0) is 9.59 Å². The van der Waals surface area contributed by atoms with Crippen LogP contribution in [0.4, 0.5) is 0 Å². The van der Waals surface area contributed by atoms with Crippen molar-refractivity contribution < 1.29 is 9.59 Å². The Labute approximate surface area is 128 Å². The van der Waals surface area contributed by atoms with E-state index >= 15 is 0 Å². The molecule has 0 radical (unpaired) electrons. The molecule has 1 N–H and O–H groups in total. The Bertz CT molecular complexity index is 373. The Morgan fingerprint density at radius 3 is 2.52 bits per heavy atom. The lowest BCUT2D eigenvalue weighted by molar-refractivity contribution is -0.140. The number of carbonyl (C=O) groups excluding carboxylic acids is 2. The van der Waals surface area contributed by atoms with Gasteiger partial charge in [-0.25, -0.2) is 0 Å². The van der Waals surface area contributed by atoms with Gasteiger partial charge in [0.15, 0.2) is 0 Å². The van der Waals surface area contributed by atoms with E-state index in [1.54, 1.807) is 0 Å². The van der Waals surface area contributed by atoms with Crippen LogP contribution >= 0.6 is 0 Å². The van der Waals surface area contributed by atoms with E-state index in [9.17, 15) is 9.59 Å². The summed E-state index contributed by atoms with van der Waals surface area (Å²) in [4.78, 5) is 26.8. The first-order chi connectivity index (χ1) is 10.0. The molecule has 0 atom stereocenters. The molecule has 1 spiro atoms. The summed E-state index contributed by atoms with van der Waals surface area (Å²) in [6, 6.07) is 0. The highest BCUT2D eigenvalue weighted by Gasteiger charge is 2.44. The number of rotatable bonds is 5. The molecule has 4 nitrogen and oxygen atoms in total. The predicted octanol–water partition coefficient (Wildman–Crippen LogP) is 2.86. The monoisotopic (exact) mass is 294 g/mol. The molecule has 1 aliphatic heterocycles. The van der Waals surface area contributed by atoms with Gasteiger partial charge in [-0.3, -0.25) is 9.59 Å². The fraction of sp³-hybridized carbons (Fsp3) is 0.882. The Morgan fingerprint density at radius 1 is 1.14 bits per heavy atom. The van der Waals surface area contributed by atoms with E-state index in [-0.39, 0.29) is 11.8 Å². The van der Waals surface area contributed by atoms with Crippen molar-refractivity contribution in [2.75, 3.05) is 13.1 Å². The first-order valence-electron chi connectivity index (χ1n) is 8.64. The summed E-state index contributed by atoms with van der Waals surface area (Å²) in [7, 11) is 0. The van der Waals surface area contributed by atoms with Gasteiger partial charge in [0.1, 0.15) is 5.54 Å². The van der Waals surface area contributed by atoms with Gasteiger partial charge in [-0.15, -0.1) is 0 Å². The van der Waals surface area contributed by atoms with E-state index in [1.807, 2.05) is 4.90 Å². The molecule has 0 unspecified atom stereocenters. The summed E-state index contributed by atoms with van der Waals surface area (Å²) >= 11 is 0. The molecular formula is C17H30N2O2. The molecule has 0 bridgehead atoms. The van der Waals surface area contributed by atoms with Gasteiger partial charge in [0.2, 0.25) is 11.8 Å². The predicted molar refractivity (Wildman–Crippen MR) is 83.8 cm³/mol. The van der Waals surface area contributed by atoms with Crippen molar-refractivity contribution in [1.82, 2.24) is 10.2 Å². The lowest BCUT2D eigenvalue weighted by atomic mass is 9.80. The number of hydrogen-bond donors (Lipinski definition) is 1. The summed E-state index contributed by atoms with van der Waals surface area (Å²) in [5, 5.41) is 3.05. The highest BCUT2D eigenvalue weighted by atomic mass is 16.2. The SMILES string of the molecule is CC(C)CCCCN1CCC(=O)NC2(CCCCC2)C1=O. The average Bonchev–Trinajstić information content (AvgIpc) is 2.56. The van der Waals surface area contributed by atoms with Gasteiger partial charge in [0.25, 0.3) is 0 Å². The molecule has 1 aliphatic carbocycles. The van der Waals surface area contributed by atoms with Crippen molar-refractivity contribution in [3.63, 3.8) is 0 Å². The summed E-state index contributed by atoms with van der Waals surface area (Å²) in [5.41, 5.74) is -0.579. The second-order valence-electron chi connectivity index (χ2n) is 7.12. The minimum atomic E-state index is -0.579. The van der Waals surface area contributed by atoms with Crippen molar-refractivity contribution >= 4 is 11.8 Å². The average molecular weight is 294 g/mol. The third-order valence-corrected chi connectivity index (χ3v) is 4.85. The quantitative estimate of drug-likeness (QED) is 0.793. The molecule has 4 heteroatoms. The maximum atomic E-state index is 12.9. The van der Waals surface area contributed by atoms with Crippen LogP contribution in [0.2, 0.25) is 0 Å². The van der Waals surface area contributed by atoms with Gasteiger partial charge in [-0.2, -0.15) is 0 Å². The van der Waals surface area contributed by atoms with Crippen molar-refractivity contribution in [3.05, 3.63) is 0 Å². The zero-order valence-corrected chi connectivity index (χ0v) is 13.6. The molecule has 2 fully saturated rings. The lowest BCUT2D eigenvalue weighted by Crippen LogP contribution is -2.58. The first-order valence-corrected chi connectivity index (χ1v) is 8.64. The van der Waals surface area contributed by atoms with Crippen LogP contribution in [0.25, 0.3) is 0 Å². The van der Waals surface area contributed by atoms with Crippen molar-refractivity contribution in [3.8, 4) is 0 Å². The molecule has 21 heavy (non-hydrogen) atoms. The molecule has 1 saturated heterocycles.